The standard InChI is InChI=1S/C12H25NO3/c1-3-4-5-10-16-11-6-8-13-9-7-12(14)15-2/h13H,3-11H2,1-2H3. The summed E-state index contributed by atoms with van der Waals surface area (Å²) < 4.78 is 9.98. The van der Waals surface area contributed by atoms with Gasteiger partial charge < -0.3 is 14.8 Å². The van der Waals surface area contributed by atoms with Crippen LogP contribution in [-0.2, 0) is 14.3 Å². The maximum Gasteiger partial charge on any atom is 0.306 e. The molecule has 0 bridgehead atoms. The fourth-order valence-corrected chi connectivity index (χ4v) is 1.27. The smallest absolute Gasteiger partial charge is 0.306 e. The van der Waals surface area contributed by atoms with Gasteiger partial charge in [0.2, 0.25) is 0 Å². The van der Waals surface area contributed by atoms with Crippen LogP contribution >= 0.6 is 0 Å². The molecule has 96 valence electrons. The predicted octanol–water partition coefficient (Wildman–Crippen LogP) is 1.74. The van der Waals surface area contributed by atoms with Gasteiger partial charge in [-0.25, -0.2) is 0 Å². The highest BCUT2D eigenvalue weighted by molar-refractivity contribution is 5.69. The molecular formula is C12H25NO3. The number of rotatable bonds is 11. The minimum Gasteiger partial charge on any atom is -0.469 e. The van der Waals surface area contributed by atoms with Crippen LogP contribution in [0.4, 0.5) is 0 Å². The fourth-order valence-electron chi connectivity index (χ4n) is 1.27. The molecule has 1 N–H and O–H groups in total. The summed E-state index contributed by atoms with van der Waals surface area (Å²) in [5.41, 5.74) is 0. The highest BCUT2D eigenvalue weighted by Gasteiger charge is 1.97. The molecule has 0 saturated heterocycles. The molecule has 0 saturated carbocycles. The molecule has 0 heterocycles. The molecule has 0 amide bonds. The van der Waals surface area contributed by atoms with Crippen LogP contribution in [0, 0.1) is 0 Å². The van der Waals surface area contributed by atoms with Crippen LogP contribution in [0.1, 0.15) is 39.0 Å². The summed E-state index contributed by atoms with van der Waals surface area (Å²) in [5.74, 6) is -0.164. The van der Waals surface area contributed by atoms with E-state index in [0.717, 1.165) is 32.6 Å². The van der Waals surface area contributed by atoms with Crippen molar-refractivity contribution in [2.75, 3.05) is 33.4 Å². The van der Waals surface area contributed by atoms with Gasteiger partial charge >= 0.3 is 5.97 Å². The number of carbonyl (C=O) groups is 1. The lowest BCUT2D eigenvalue weighted by molar-refractivity contribution is -0.140. The topological polar surface area (TPSA) is 47.6 Å². The highest BCUT2D eigenvalue weighted by atomic mass is 16.5. The number of unbranched alkanes of at least 4 members (excludes halogenated alkanes) is 2. The third-order valence-corrected chi connectivity index (χ3v) is 2.27. The van der Waals surface area contributed by atoms with Gasteiger partial charge in [-0.1, -0.05) is 19.8 Å². The number of carbonyl (C=O) groups excluding carboxylic acids is 1. The third-order valence-electron chi connectivity index (χ3n) is 2.27. The number of esters is 1. The molecule has 0 fully saturated rings. The van der Waals surface area contributed by atoms with E-state index < -0.39 is 0 Å². The van der Waals surface area contributed by atoms with Crippen molar-refractivity contribution in [1.29, 1.82) is 0 Å². The number of methoxy groups -OCH3 is 1. The molecule has 0 rings (SSSR count). The van der Waals surface area contributed by atoms with E-state index in [0.29, 0.717) is 13.0 Å². The van der Waals surface area contributed by atoms with E-state index in [1.165, 1.54) is 20.0 Å². The van der Waals surface area contributed by atoms with E-state index in [1.54, 1.807) is 0 Å². The van der Waals surface area contributed by atoms with Crippen LogP contribution in [0.2, 0.25) is 0 Å². The lowest BCUT2D eigenvalue weighted by Gasteiger charge is -2.05. The first kappa shape index (κ1) is 15.4. The molecule has 0 aliphatic rings. The molecule has 0 aliphatic heterocycles. The Hall–Kier alpha value is -0.610. The van der Waals surface area contributed by atoms with Crippen molar-refractivity contribution in [3.8, 4) is 0 Å². The molecular weight excluding hydrogens is 206 g/mol. The summed E-state index contributed by atoms with van der Waals surface area (Å²) in [4.78, 5) is 10.8. The monoisotopic (exact) mass is 231 g/mol. The zero-order valence-electron chi connectivity index (χ0n) is 10.6. The van der Waals surface area contributed by atoms with Crippen LogP contribution in [0.15, 0.2) is 0 Å². The van der Waals surface area contributed by atoms with Gasteiger partial charge in [0.25, 0.3) is 0 Å². The second-order valence-corrected chi connectivity index (χ2v) is 3.75. The molecule has 4 heteroatoms. The van der Waals surface area contributed by atoms with Crippen molar-refractivity contribution in [3.63, 3.8) is 0 Å². The largest absolute Gasteiger partial charge is 0.469 e. The molecule has 0 aliphatic carbocycles. The first-order valence-corrected chi connectivity index (χ1v) is 6.16. The lowest BCUT2D eigenvalue weighted by Crippen LogP contribution is -2.21. The number of ether oxygens (including phenoxy) is 2. The Morgan fingerprint density at radius 2 is 1.88 bits per heavy atom. The second kappa shape index (κ2) is 12.5. The van der Waals surface area contributed by atoms with Crippen molar-refractivity contribution < 1.29 is 14.3 Å². The third kappa shape index (κ3) is 11.5. The maximum absolute atomic E-state index is 10.8. The summed E-state index contributed by atoms with van der Waals surface area (Å²) in [6, 6.07) is 0. The van der Waals surface area contributed by atoms with Crippen LogP contribution in [0.25, 0.3) is 0 Å². The molecule has 0 atom stereocenters. The molecule has 4 nitrogen and oxygen atoms in total. The summed E-state index contributed by atoms with van der Waals surface area (Å²) in [6.45, 7) is 5.43. The van der Waals surface area contributed by atoms with Gasteiger partial charge in [-0.05, 0) is 19.4 Å². The van der Waals surface area contributed by atoms with Gasteiger partial charge in [0.15, 0.2) is 0 Å². The normalized spacial score (nSPS) is 10.4. The molecule has 0 aromatic heterocycles. The van der Waals surface area contributed by atoms with E-state index >= 15 is 0 Å². The highest BCUT2D eigenvalue weighted by Crippen LogP contribution is 1.94. The molecule has 0 aromatic rings. The Kier molecular flexibility index (Phi) is 12.0. The maximum atomic E-state index is 10.8. The summed E-state index contributed by atoms with van der Waals surface area (Å²) in [7, 11) is 1.41. The van der Waals surface area contributed by atoms with Crippen molar-refractivity contribution in [2.24, 2.45) is 0 Å². The van der Waals surface area contributed by atoms with Gasteiger partial charge in [0.1, 0.15) is 0 Å². The number of nitrogens with one attached hydrogen (secondary N) is 1. The van der Waals surface area contributed by atoms with E-state index in [-0.39, 0.29) is 5.97 Å². The Bertz CT molecular complexity index is 162. The predicted molar refractivity (Wildman–Crippen MR) is 64.5 cm³/mol. The average molecular weight is 231 g/mol. The van der Waals surface area contributed by atoms with Crippen LogP contribution in [0.5, 0.6) is 0 Å². The van der Waals surface area contributed by atoms with Gasteiger partial charge in [-0.2, -0.15) is 0 Å². The molecule has 0 aromatic carbocycles. The Labute approximate surface area is 98.7 Å². The summed E-state index contributed by atoms with van der Waals surface area (Å²) >= 11 is 0. The average Bonchev–Trinajstić information content (AvgIpc) is 2.31. The van der Waals surface area contributed by atoms with Crippen LogP contribution < -0.4 is 5.32 Å². The SMILES string of the molecule is CCCCCOCCCNCCC(=O)OC. The van der Waals surface area contributed by atoms with Crippen molar-refractivity contribution in [2.45, 2.75) is 39.0 Å². The van der Waals surface area contributed by atoms with E-state index in [4.69, 9.17) is 4.74 Å². The van der Waals surface area contributed by atoms with E-state index in [1.807, 2.05) is 0 Å². The molecule has 0 unspecified atom stereocenters. The van der Waals surface area contributed by atoms with Gasteiger partial charge in [0, 0.05) is 19.8 Å². The van der Waals surface area contributed by atoms with E-state index in [2.05, 4.69) is 17.0 Å². The van der Waals surface area contributed by atoms with Gasteiger partial charge in [-0.3, -0.25) is 4.79 Å². The molecule has 16 heavy (non-hydrogen) atoms. The first-order chi connectivity index (χ1) is 7.81. The Balaban J connectivity index is 2.96. The van der Waals surface area contributed by atoms with Gasteiger partial charge in [0.05, 0.1) is 13.5 Å². The minimum atomic E-state index is -0.164. The van der Waals surface area contributed by atoms with Crippen molar-refractivity contribution >= 4 is 5.97 Å². The summed E-state index contributed by atoms with van der Waals surface area (Å²) in [6.07, 6.45) is 5.07. The van der Waals surface area contributed by atoms with E-state index in [9.17, 15) is 4.79 Å². The zero-order valence-corrected chi connectivity index (χ0v) is 10.6. The van der Waals surface area contributed by atoms with Crippen molar-refractivity contribution in [1.82, 2.24) is 5.32 Å². The molecule has 0 spiro atoms. The van der Waals surface area contributed by atoms with Gasteiger partial charge in [-0.15, -0.1) is 0 Å². The fraction of sp³-hybridized carbons (Fsp3) is 0.917. The number of hydrogen-bond acceptors (Lipinski definition) is 4. The van der Waals surface area contributed by atoms with Crippen molar-refractivity contribution in [3.05, 3.63) is 0 Å². The quantitative estimate of drug-likeness (QED) is 0.434. The Morgan fingerprint density at radius 3 is 2.56 bits per heavy atom. The first-order valence-electron chi connectivity index (χ1n) is 6.16. The van der Waals surface area contributed by atoms with Crippen LogP contribution in [-0.4, -0.2) is 39.4 Å². The second-order valence-electron chi connectivity index (χ2n) is 3.75. The van der Waals surface area contributed by atoms with Crippen LogP contribution in [0.3, 0.4) is 0 Å². The molecule has 0 radical (unpaired) electrons. The minimum absolute atomic E-state index is 0.164. The lowest BCUT2D eigenvalue weighted by atomic mass is 10.3. The zero-order chi connectivity index (χ0) is 12.1. The summed E-state index contributed by atoms with van der Waals surface area (Å²) in [5, 5.41) is 3.17. The Morgan fingerprint density at radius 1 is 1.12 bits per heavy atom. The number of hydrogen-bond donors (Lipinski definition) is 1.